The SMILES string of the molecule is CC(C)N(Cc1nccn1Cc1ccc(C(F)(F)F)cc1)C(=O)c1ccccc1F. The summed E-state index contributed by atoms with van der Waals surface area (Å²) in [6.07, 6.45) is -1.13. The first kappa shape index (κ1) is 21.5. The van der Waals surface area contributed by atoms with E-state index in [2.05, 4.69) is 4.98 Å². The van der Waals surface area contributed by atoms with Gasteiger partial charge in [0.05, 0.1) is 17.7 Å². The van der Waals surface area contributed by atoms with E-state index in [1.54, 1.807) is 23.0 Å². The highest BCUT2D eigenvalue weighted by molar-refractivity contribution is 5.94. The second-order valence-corrected chi connectivity index (χ2v) is 7.17. The number of carbonyl (C=O) groups is 1. The maximum atomic E-state index is 14.1. The second-order valence-electron chi connectivity index (χ2n) is 7.17. The van der Waals surface area contributed by atoms with E-state index in [1.807, 2.05) is 13.8 Å². The molecule has 0 bridgehead atoms. The highest BCUT2D eigenvalue weighted by Crippen LogP contribution is 2.29. The Morgan fingerprint density at radius 1 is 1.10 bits per heavy atom. The van der Waals surface area contributed by atoms with Crippen molar-refractivity contribution in [3.63, 3.8) is 0 Å². The third-order valence-electron chi connectivity index (χ3n) is 4.74. The van der Waals surface area contributed by atoms with Gasteiger partial charge in [-0.15, -0.1) is 0 Å². The van der Waals surface area contributed by atoms with E-state index >= 15 is 0 Å². The van der Waals surface area contributed by atoms with E-state index in [-0.39, 0.29) is 18.2 Å². The summed E-state index contributed by atoms with van der Waals surface area (Å²) < 4.78 is 54.1. The molecule has 0 radical (unpaired) electrons. The van der Waals surface area contributed by atoms with Crippen molar-refractivity contribution in [3.05, 3.63) is 89.3 Å². The number of halogens is 4. The zero-order valence-electron chi connectivity index (χ0n) is 16.5. The van der Waals surface area contributed by atoms with Crippen LogP contribution in [0.5, 0.6) is 0 Å². The summed E-state index contributed by atoms with van der Waals surface area (Å²) in [6, 6.07) is 10.5. The lowest BCUT2D eigenvalue weighted by Crippen LogP contribution is -2.37. The van der Waals surface area contributed by atoms with Gasteiger partial charge < -0.3 is 9.47 Å². The third kappa shape index (κ3) is 4.87. The molecule has 0 atom stereocenters. The average Bonchev–Trinajstić information content (AvgIpc) is 3.12. The van der Waals surface area contributed by atoms with Crippen LogP contribution in [-0.4, -0.2) is 26.4 Å². The van der Waals surface area contributed by atoms with Crippen LogP contribution in [0, 0.1) is 5.82 Å². The zero-order valence-corrected chi connectivity index (χ0v) is 16.5. The topological polar surface area (TPSA) is 38.1 Å². The molecule has 0 saturated carbocycles. The molecule has 1 amide bonds. The van der Waals surface area contributed by atoms with Crippen LogP contribution in [0.4, 0.5) is 17.6 Å². The van der Waals surface area contributed by atoms with Crippen molar-refractivity contribution >= 4 is 5.91 Å². The van der Waals surface area contributed by atoms with Gasteiger partial charge in [-0.1, -0.05) is 24.3 Å². The first-order valence-electron chi connectivity index (χ1n) is 9.38. The molecule has 0 N–H and O–H groups in total. The smallest absolute Gasteiger partial charge is 0.329 e. The minimum Gasteiger partial charge on any atom is -0.329 e. The van der Waals surface area contributed by atoms with Crippen LogP contribution in [0.3, 0.4) is 0 Å². The third-order valence-corrected chi connectivity index (χ3v) is 4.74. The van der Waals surface area contributed by atoms with E-state index in [9.17, 15) is 22.4 Å². The molecule has 8 heteroatoms. The van der Waals surface area contributed by atoms with Gasteiger partial charge in [-0.2, -0.15) is 13.2 Å². The van der Waals surface area contributed by atoms with Crippen molar-refractivity contribution in [2.24, 2.45) is 0 Å². The molecule has 30 heavy (non-hydrogen) atoms. The number of rotatable bonds is 6. The minimum atomic E-state index is -4.39. The fourth-order valence-corrected chi connectivity index (χ4v) is 3.06. The number of alkyl halides is 3. The van der Waals surface area contributed by atoms with E-state index in [0.717, 1.165) is 12.1 Å². The average molecular weight is 419 g/mol. The molecule has 0 aliphatic heterocycles. The standard InChI is InChI=1S/C22H21F4N3O/c1-15(2)29(21(30)18-5-3-4-6-19(18)23)14-20-27-11-12-28(20)13-16-7-9-17(10-8-16)22(24,25)26/h3-12,15H,13-14H2,1-2H3. The molecule has 0 fully saturated rings. The minimum absolute atomic E-state index is 0.0213. The highest BCUT2D eigenvalue weighted by atomic mass is 19.4. The second kappa shape index (κ2) is 8.69. The number of carbonyl (C=O) groups excluding carboxylic acids is 1. The first-order chi connectivity index (χ1) is 14.2. The van der Waals surface area contributed by atoms with Gasteiger partial charge in [-0.3, -0.25) is 4.79 Å². The van der Waals surface area contributed by atoms with Crippen LogP contribution in [-0.2, 0) is 19.3 Å². The Kier molecular flexibility index (Phi) is 6.24. The molecule has 0 saturated heterocycles. The summed E-state index contributed by atoms with van der Waals surface area (Å²) in [5, 5.41) is 0. The monoisotopic (exact) mass is 419 g/mol. The van der Waals surface area contributed by atoms with Crippen molar-refractivity contribution in [1.29, 1.82) is 0 Å². The number of aromatic nitrogens is 2. The van der Waals surface area contributed by atoms with Gasteiger partial charge in [0.25, 0.3) is 5.91 Å². The number of nitrogens with zero attached hydrogens (tertiary/aromatic N) is 3. The van der Waals surface area contributed by atoms with Gasteiger partial charge in [0.1, 0.15) is 11.6 Å². The Labute approximate surface area is 171 Å². The summed E-state index contributed by atoms with van der Waals surface area (Å²) in [4.78, 5) is 18.7. The molecule has 0 aliphatic rings. The van der Waals surface area contributed by atoms with Crippen molar-refractivity contribution in [2.75, 3.05) is 0 Å². The number of hydrogen-bond donors (Lipinski definition) is 0. The summed E-state index contributed by atoms with van der Waals surface area (Å²) in [5.74, 6) is -0.498. The Bertz CT molecular complexity index is 1010. The molecule has 3 aromatic rings. The van der Waals surface area contributed by atoms with Crippen molar-refractivity contribution in [2.45, 2.75) is 39.2 Å². The molecular formula is C22H21F4N3O. The molecule has 0 spiro atoms. The van der Waals surface area contributed by atoms with Crippen LogP contribution >= 0.6 is 0 Å². The van der Waals surface area contributed by atoms with Gasteiger partial charge >= 0.3 is 6.18 Å². The number of amides is 1. The van der Waals surface area contributed by atoms with Crippen LogP contribution in [0.2, 0.25) is 0 Å². The van der Waals surface area contributed by atoms with Crippen molar-refractivity contribution < 1.29 is 22.4 Å². The molecule has 4 nitrogen and oxygen atoms in total. The molecule has 1 aromatic heterocycles. The first-order valence-corrected chi connectivity index (χ1v) is 9.38. The molecule has 3 rings (SSSR count). The lowest BCUT2D eigenvalue weighted by Gasteiger charge is -2.27. The van der Waals surface area contributed by atoms with Gasteiger partial charge in [-0.25, -0.2) is 9.37 Å². The number of benzene rings is 2. The highest BCUT2D eigenvalue weighted by Gasteiger charge is 2.30. The van der Waals surface area contributed by atoms with Gasteiger partial charge in [0.15, 0.2) is 0 Å². The number of imidazole rings is 1. The zero-order chi connectivity index (χ0) is 21.9. The number of hydrogen-bond acceptors (Lipinski definition) is 2. The largest absolute Gasteiger partial charge is 0.416 e. The van der Waals surface area contributed by atoms with E-state index < -0.39 is 23.5 Å². The maximum absolute atomic E-state index is 14.1. The summed E-state index contributed by atoms with van der Waals surface area (Å²) in [7, 11) is 0. The summed E-state index contributed by atoms with van der Waals surface area (Å²) in [5.41, 5.74) is -0.0654. The van der Waals surface area contributed by atoms with Gasteiger partial charge in [-0.05, 0) is 43.7 Å². The molecule has 2 aromatic carbocycles. The Morgan fingerprint density at radius 3 is 2.37 bits per heavy atom. The van der Waals surface area contributed by atoms with Crippen molar-refractivity contribution in [1.82, 2.24) is 14.5 Å². The van der Waals surface area contributed by atoms with Crippen LogP contribution in [0.15, 0.2) is 60.9 Å². The molecule has 0 aliphatic carbocycles. The lowest BCUT2D eigenvalue weighted by atomic mass is 10.1. The van der Waals surface area contributed by atoms with Crippen LogP contribution in [0.1, 0.15) is 41.2 Å². The molecule has 1 heterocycles. The van der Waals surface area contributed by atoms with Crippen LogP contribution in [0.25, 0.3) is 0 Å². The van der Waals surface area contributed by atoms with Gasteiger partial charge in [0.2, 0.25) is 0 Å². The lowest BCUT2D eigenvalue weighted by molar-refractivity contribution is -0.137. The molecular weight excluding hydrogens is 398 g/mol. The fourth-order valence-electron chi connectivity index (χ4n) is 3.06. The Hall–Kier alpha value is -3.16. The predicted molar refractivity (Wildman–Crippen MR) is 104 cm³/mol. The van der Waals surface area contributed by atoms with Crippen LogP contribution < -0.4 is 0 Å². The normalized spacial score (nSPS) is 11.7. The van der Waals surface area contributed by atoms with E-state index in [0.29, 0.717) is 17.9 Å². The van der Waals surface area contributed by atoms with E-state index in [4.69, 9.17) is 0 Å². The predicted octanol–water partition coefficient (Wildman–Crippen LogP) is 5.14. The van der Waals surface area contributed by atoms with Crippen molar-refractivity contribution in [3.8, 4) is 0 Å². The molecule has 158 valence electrons. The maximum Gasteiger partial charge on any atom is 0.416 e. The molecule has 0 unspecified atom stereocenters. The van der Waals surface area contributed by atoms with Gasteiger partial charge in [0, 0.05) is 25.0 Å². The quantitative estimate of drug-likeness (QED) is 0.519. The Balaban J connectivity index is 1.79. The summed E-state index contributed by atoms with van der Waals surface area (Å²) >= 11 is 0. The Morgan fingerprint density at radius 2 is 1.77 bits per heavy atom. The summed E-state index contributed by atoms with van der Waals surface area (Å²) in [6.45, 7) is 4.08. The fraction of sp³-hybridized carbons (Fsp3) is 0.273. The van der Waals surface area contributed by atoms with E-state index in [1.165, 1.54) is 35.2 Å².